The molecule has 7 heteroatoms. The van der Waals surface area contributed by atoms with Crippen molar-refractivity contribution in [1.29, 1.82) is 0 Å². The number of amides is 1. The molecule has 1 saturated carbocycles. The van der Waals surface area contributed by atoms with E-state index in [2.05, 4.69) is 14.9 Å². The molecule has 2 saturated heterocycles. The summed E-state index contributed by atoms with van der Waals surface area (Å²) in [6, 6.07) is 2.21. The van der Waals surface area contributed by atoms with E-state index < -0.39 is 0 Å². The van der Waals surface area contributed by atoms with E-state index in [-0.39, 0.29) is 24.2 Å². The van der Waals surface area contributed by atoms with Gasteiger partial charge in [-0.1, -0.05) is 12.8 Å². The monoisotopic (exact) mass is 348 g/mol. The van der Waals surface area contributed by atoms with Crippen LogP contribution in [0.2, 0.25) is 0 Å². The van der Waals surface area contributed by atoms with Crippen LogP contribution in [0.15, 0.2) is 18.5 Å². The molecule has 4 rings (SSSR count). The average Bonchev–Trinajstić information content (AvgIpc) is 3.14. The second-order valence-electron chi connectivity index (χ2n) is 7.30. The zero-order valence-corrected chi connectivity index (χ0v) is 14.8. The highest BCUT2D eigenvalue weighted by atomic mass is 16.5. The molecule has 0 bridgehead atoms. The van der Waals surface area contributed by atoms with Crippen LogP contribution in [0.1, 0.15) is 25.7 Å². The number of hydrogen-bond donors (Lipinski definition) is 0. The fraction of sp³-hybridized carbons (Fsp3) is 0.778. The van der Waals surface area contributed by atoms with E-state index in [4.69, 9.17) is 9.47 Å². The quantitative estimate of drug-likeness (QED) is 0.804. The summed E-state index contributed by atoms with van der Waals surface area (Å²) in [4.78, 5) is 17.2. The normalized spacial score (nSPS) is 30.9. The van der Waals surface area contributed by atoms with E-state index in [1.165, 1.54) is 12.8 Å². The van der Waals surface area contributed by atoms with Crippen LogP contribution in [0.25, 0.3) is 0 Å². The molecule has 25 heavy (non-hydrogen) atoms. The van der Waals surface area contributed by atoms with Crippen LogP contribution >= 0.6 is 0 Å². The Balaban J connectivity index is 1.32. The zero-order chi connectivity index (χ0) is 17.1. The van der Waals surface area contributed by atoms with Crippen molar-refractivity contribution in [2.24, 2.45) is 0 Å². The molecular weight excluding hydrogens is 320 g/mol. The maximum absolute atomic E-state index is 12.9. The van der Waals surface area contributed by atoms with Crippen molar-refractivity contribution in [3.8, 4) is 0 Å². The van der Waals surface area contributed by atoms with E-state index >= 15 is 0 Å². The summed E-state index contributed by atoms with van der Waals surface area (Å²) < 4.78 is 13.6. The minimum Gasteiger partial charge on any atom is -0.374 e. The van der Waals surface area contributed by atoms with Gasteiger partial charge in [0.15, 0.2) is 0 Å². The van der Waals surface area contributed by atoms with Gasteiger partial charge >= 0.3 is 0 Å². The van der Waals surface area contributed by atoms with E-state index in [1.54, 1.807) is 6.20 Å². The number of hydrogen-bond acceptors (Lipinski definition) is 5. The molecule has 0 unspecified atom stereocenters. The van der Waals surface area contributed by atoms with Gasteiger partial charge < -0.3 is 14.4 Å². The SMILES string of the molecule is O=C(CN1CCO[C@H](Cn2cccn2)C1)N1CCO[C@H]2CCCC[C@H]21. The third-order valence-corrected chi connectivity index (χ3v) is 5.58. The molecule has 138 valence electrons. The van der Waals surface area contributed by atoms with Crippen molar-refractivity contribution >= 4 is 5.91 Å². The van der Waals surface area contributed by atoms with Crippen LogP contribution < -0.4 is 0 Å². The van der Waals surface area contributed by atoms with Crippen molar-refractivity contribution in [2.75, 3.05) is 39.4 Å². The van der Waals surface area contributed by atoms with Gasteiger partial charge in [0, 0.05) is 32.0 Å². The summed E-state index contributed by atoms with van der Waals surface area (Å²) >= 11 is 0. The fourth-order valence-corrected chi connectivity index (χ4v) is 4.34. The molecule has 0 spiro atoms. The summed E-state index contributed by atoms with van der Waals surface area (Å²) in [5, 5.41) is 4.24. The topological polar surface area (TPSA) is 59.8 Å². The van der Waals surface area contributed by atoms with E-state index in [9.17, 15) is 4.79 Å². The standard InChI is InChI=1S/C18H28N4O3/c23-18(22-9-11-25-17-5-2-1-4-16(17)22)14-20-8-10-24-15(12-20)13-21-7-3-6-19-21/h3,6-7,15-17H,1-2,4-5,8-14H2/t15-,16+,17-/m0/s1. The van der Waals surface area contributed by atoms with Gasteiger partial charge in [0.05, 0.1) is 44.6 Å². The number of carbonyl (C=O) groups excluding carboxylic acids is 1. The van der Waals surface area contributed by atoms with Crippen molar-refractivity contribution < 1.29 is 14.3 Å². The Morgan fingerprint density at radius 2 is 2.04 bits per heavy atom. The Kier molecular flexibility index (Phi) is 5.33. The van der Waals surface area contributed by atoms with Crippen LogP contribution in [0, 0.1) is 0 Å². The number of ether oxygens (including phenoxy) is 2. The van der Waals surface area contributed by atoms with Gasteiger partial charge in [-0.15, -0.1) is 0 Å². The minimum absolute atomic E-state index is 0.0913. The largest absolute Gasteiger partial charge is 0.374 e. The summed E-state index contributed by atoms with van der Waals surface area (Å²) in [5.74, 6) is 0.250. The first-order chi connectivity index (χ1) is 12.3. The van der Waals surface area contributed by atoms with Gasteiger partial charge in [0.2, 0.25) is 5.91 Å². The Morgan fingerprint density at radius 1 is 1.16 bits per heavy atom. The molecule has 3 aliphatic rings. The number of carbonyl (C=O) groups is 1. The summed E-state index contributed by atoms with van der Waals surface area (Å²) in [6.45, 7) is 4.92. The summed E-state index contributed by atoms with van der Waals surface area (Å²) in [5.41, 5.74) is 0. The number of fused-ring (bicyclic) bond motifs is 1. The third kappa shape index (κ3) is 4.04. The van der Waals surface area contributed by atoms with E-state index in [1.807, 2.05) is 16.9 Å². The molecule has 0 N–H and O–H groups in total. The lowest BCUT2D eigenvalue weighted by Gasteiger charge is -2.44. The Labute approximate surface area is 148 Å². The fourth-order valence-electron chi connectivity index (χ4n) is 4.34. The molecule has 0 radical (unpaired) electrons. The number of aromatic nitrogens is 2. The average molecular weight is 348 g/mol. The van der Waals surface area contributed by atoms with E-state index in [0.29, 0.717) is 19.8 Å². The van der Waals surface area contributed by atoms with Gasteiger partial charge in [-0.3, -0.25) is 14.4 Å². The maximum atomic E-state index is 12.9. The van der Waals surface area contributed by atoms with Gasteiger partial charge in [-0.25, -0.2) is 0 Å². The number of morpholine rings is 2. The second kappa shape index (κ2) is 7.85. The van der Waals surface area contributed by atoms with Crippen LogP contribution in [0.4, 0.5) is 0 Å². The Morgan fingerprint density at radius 3 is 2.92 bits per heavy atom. The Bertz CT molecular complexity index is 563. The van der Waals surface area contributed by atoms with E-state index in [0.717, 1.165) is 39.0 Å². The summed E-state index contributed by atoms with van der Waals surface area (Å²) in [6.07, 6.45) is 8.68. The van der Waals surface area contributed by atoms with Crippen LogP contribution in [0.3, 0.4) is 0 Å². The molecule has 0 aromatic carbocycles. The first-order valence-electron chi connectivity index (χ1n) is 9.52. The second-order valence-corrected chi connectivity index (χ2v) is 7.30. The third-order valence-electron chi connectivity index (χ3n) is 5.58. The maximum Gasteiger partial charge on any atom is 0.237 e. The molecule has 3 atom stereocenters. The molecule has 1 aromatic heterocycles. The minimum atomic E-state index is 0.0913. The summed E-state index contributed by atoms with van der Waals surface area (Å²) in [7, 11) is 0. The van der Waals surface area contributed by atoms with Crippen molar-refractivity contribution in [3.63, 3.8) is 0 Å². The van der Waals surface area contributed by atoms with Crippen LogP contribution in [0.5, 0.6) is 0 Å². The molecule has 1 aromatic rings. The van der Waals surface area contributed by atoms with Gasteiger partial charge in [0.25, 0.3) is 0 Å². The highest BCUT2D eigenvalue weighted by Gasteiger charge is 2.37. The highest BCUT2D eigenvalue weighted by molar-refractivity contribution is 5.78. The lowest BCUT2D eigenvalue weighted by Crippen LogP contribution is -2.57. The lowest BCUT2D eigenvalue weighted by molar-refractivity contribution is -0.152. The zero-order valence-electron chi connectivity index (χ0n) is 14.8. The number of rotatable bonds is 4. The predicted molar refractivity (Wildman–Crippen MR) is 92.1 cm³/mol. The van der Waals surface area contributed by atoms with Crippen molar-refractivity contribution in [3.05, 3.63) is 18.5 Å². The van der Waals surface area contributed by atoms with Crippen LogP contribution in [-0.2, 0) is 20.8 Å². The van der Waals surface area contributed by atoms with Gasteiger partial charge in [-0.2, -0.15) is 5.10 Å². The van der Waals surface area contributed by atoms with Crippen LogP contribution in [-0.4, -0.2) is 83.1 Å². The van der Waals surface area contributed by atoms with Gasteiger partial charge in [-0.05, 0) is 18.9 Å². The van der Waals surface area contributed by atoms with Crippen molar-refractivity contribution in [2.45, 2.75) is 50.5 Å². The molecule has 2 aliphatic heterocycles. The molecule has 3 fully saturated rings. The first-order valence-corrected chi connectivity index (χ1v) is 9.52. The molecule has 1 amide bonds. The number of nitrogens with zero attached hydrogens (tertiary/aromatic N) is 4. The predicted octanol–water partition coefficient (Wildman–Crippen LogP) is 0.754. The molecule has 1 aliphatic carbocycles. The molecular formula is C18H28N4O3. The lowest BCUT2D eigenvalue weighted by atomic mass is 9.90. The highest BCUT2D eigenvalue weighted by Crippen LogP contribution is 2.28. The molecule has 7 nitrogen and oxygen atoms in total. The first kappa shape index (κ1) is 17.0. The molecule has 3 heterocycles. The smallest absolute Gasteiger partial charge is 0.237 e. The Hall–Kier alpha value is -1.44. The van der Waals surface area contributed by atoms with Crippen molar-refractivity contribution in [1.82, 2.24) is 19.6 Å². The van der Waals surface area contributed by atoms with Gasteiger partial charge in [0.1, 0.15) is 0 Å².